The Labute approximate surface area is 204 Å². The molecule has 0 saturated heterocycles. The number of sulfonamides is 1. The maximum Gasteiger partial charge on any atom is 0.481 e. The number of aliphatic hydroxyl groups is 1. The number of rotatable bonds is 19. The van der Waals surface area contributed by atoms with Crippen LogP contribution in [-0.2, 0) is 26.2 Å². The molecule has 34 heavy (non-hydrogen) atoms. The lowest BCUT2D eigenvalue weighted by atomic mass is 10.00. The molecule has 0 aliphatic carbocycles. The SMILES string of the molecule is CCCCCCC(NS(=O)(=O)CCCCCC)C(O)C(OCc1ccccc1)C(=O)[P+](O)(O)O. The fourth-order valence-corrected chi connectivity index (χ4v) is 5.55. The number of aliphatic hydroxyl groups excluding tert-OH is 1. The quantitative estimate of drug-likeness (QED) is 0.137. The summed E-state index contributed by atoms with van der Waals surface area (Å²) >= 11 is 0. The molecule has 0 aliphatic rings. The Morgan fingerprint density at radius 2 is 1.56 bits per heavy atom. The highest BCUT2D eigenvalue weighted by Crippen LogP contribution is 2.47. The van der Waals surface area contributed by atoms with Crippen molar-refractivity contribution in [2.75, 3.05) is 5.75 Å². The molecule has 1 aromatic carbocycles. The van der Waals surface area contributed by atoms with Crippen molar-refractivity contribution in [3.8, 4) is 0 Å². The van der Waals surface area contributed by atoms with E-state index in [0.717, 1.165) is 38.5 Å². The standard InChI is InChI=1S/C23H41NO8PS/c1-3-5-7-12-16-20(24-34(30,31)17-13-8-6-4-2)21(25)22(23(26)33(27,28)29)32-18-19-14-10-9-11-15-19/h9-11,14-15,20-22,24-25,27-29H,3-8,12-13,16-18H2,1-2H3/q+1. The molecule has 0 bridgehead atoms. The molecule has 196 valence electrons. The Morgan fingerprint density at radius 3 is 2.12 bits per heavy atom. The van der Waals surface area contributed by atoms with E-state index in [1.54, 1.807) is 30.3 Å². The molecular weight excluding hydrogens is 481 g/mol. The lowest BCUT2D eigenvalue weighted by molar-refractivity contribution is -0.135. The smallest absolute Gasteiger partial charge is 0.388 e. The van der Waals surface area contributed by atoms with Crippen LogP contribution in [0.2, 0.25) is 0 Å². The van der Waals surface area contributed by atoms with Crippen LogP contribution in [0.15, 0.2) is 30.3 Å². The van der Waals surface area contributed by atoms with E-state index in [1.165, 1.54) is 0 Å². The maximum absolute atomic E-state index is 12.7. The van der Waals surface area contributed by atoms with Gasteiger partial charge in [-0.2, -0.15) is 14.7 Å². The van der Waals surface area contributed by atoms with E-state index in [2.05, 4.69) is 4.72 Å². The van der Waals surface area contributed by atoms with E-state index in [1.807, 2.05) is 13.8 Å². The van der Waals surface area contributed by atoms with Gasteiger partial charge < -0.3 is 9.84 Å². The highest BCUT2D eigenvalue weighted by atomic mass is 32.2. The topological polar surface area (TPSA) is 153 Å². The van der Waals surface area contributed by atoms with E-state index in [0.29, 0.717) is 18.4 Å². The second-order valence-electron chi connectivity index (χ2n) is 8.57. The van der Waals surface area contributed by atoms with Crippen LogP contribution in [0.3, 0.4) is 0 Å². The van der Waals surface area contributed by atoms with Gasteiger partial charge in [0.2, 0.25) is 10.0 Å². The van der Waals surface area contributed by atoms with Crippen LogP contribution in [0, 0.1) is 0 Å². The lowest BCUT2D eigenvalue weighted by Crippen LogP contribution is -2.52. The number of benzene rings is 1. The monoisotopic (exact) mass is 522 g/mol. The summed E-state index contributed by atoms with van der Waals surface area (Å²) in [5.74, 6) is -0.119. The molecule has 5 N–H and O–H groups in total. The summed E-state index contributed by atoms with van der Waals surface area (Å²) in [6.45, 7) is 3.90. The summed E-state index contributed by atoms with van der Waals surface area (Å²) < 4.78 is 33.4. The van der Waals surface area contributed by atoms with E-state index >= 15 is 0 Å². The van der Waals surface area contributed by atoms with Crippen LogP contribution in [0.4, 0.5) is 0 Å². The predicted molar refractivity (Wildman–Crippen MR) is 133 cm³/mol. The number of hydrogen-bond donors (Lipinski definition) is 5. The molecule has 1 aromatic rings. The Kier molecular flexibility index (Phi) is 14.5. The van der Waals surface area contributed by atoms with Crippen LogP contribution < -0.4 is 4.72 Å². The number of carbonyl (C=O) groups excluding carboxylic acids is 1. The number of carbonyl (C=O) groups is 1. The van der Waals surface area contributed by atoms with Crippen molar-refractivity contribution in [2.24, 2.45) is 0 Å². The van der Waals surface area contributed by atoms with Crippen molar-refractivity contribution in [3.63, 3.8) is 0 Å². The molecule has 0 aromatic heterocycles. The molecule has 0 spiro atoms. The molecule has 0 saturated carbocycles. The third kappa shape index (κ3) is 12.1. The van der Waals surface area contributed by atoms with Gasteiger partial charge in [0.1, 0.15) is 6.10 Å². The van der Waals surface area contributed by atoms with E-state index in [9.17, 15) is 33.0 Å². The first-order valence-corrected chi connectivity index (χ1v) is 15.3. The zero-order chi connectivity index (χ0) is 25.6. The van der Waals surface area contributed by atoms with E-state index in [4.69, 9.17) is 4.74 Å². The van der Waals surface area contributed by atoms with Gasteiger partial charge in [-0.05, 0) is 18.4 Å². The number of nitrogens with one attached hydrogen (secondary N) is 1. The number of ether oxygens (including phenoxy) is 1. The first-order chi connectivity index (χ1) is 16.0. The van der Waals surface area contributed by atoms with Gasteiger partial charge >= 0.3 is 13.5 Å². The van der Waals surface area contributed by atoms with Crippen LogP contribution >= 0.6 is 7.94 Å². The van der Waals surface area contributed by atoms with Crippen LogP contribution in [0.25, 0.3) is 0 Å². The third-order valence-corrected chi connectivity index (χ3v) is 7.83. The van der Waals surface area contributed by atoms with Crippen LogP contribution in [0.1, 0.15) is 77.2 Å². The first kappa shape index (κ1) is 31.1. The van der Waals surface area contributed by atoms with Crippen LogP contribution in [-0.4, -0.2) is 57.7 Å². The van der Waals surface area contributed by atoms with Crippen molar-refractivity contribution >= 4 is 23.5 Å². The zero-order valence-corrected chi connectivity index (χ0v) is 21.9. The Morgan fingerprint density at radius 1 is 0.971 bits per heavy atom. The van der Waals surface area contributed by atoms with Crippen molar-refractivity contribution in [1.29, 1.82) is 0 Å². The van der Waals surface area contributed by atoms with E-state index < -0.39 is 41.7 Å². The molecule has 0 fully saturated rings. The summed E-state index contributed by atoms with van der Waals surface area (Å²) in [7, 11) is -8.76. The molecule has 9 nitrogen and oxygen atoms in total. The second kappa shape index (κ2) is 15.9. The molecule has 0 radical (unpaired) electrons. The second-order valence-corrected chi connectivity index (χ2v) is 12.0. The van der Waals surface area contributed by atoms with Crippen molar-refractivity contribution in [3.05, 3.63) is 35.9 Å². The van der Waals surface area contributed by atoms with Gasteiger partial charge in [0.15, 0.2) is 6.10 Å². The summed E-state index contributed by atoms with van der Waals surface area (Å²) in [5.41, 5.74) is -0.808. The predicted octanol–water partition coefficient (Wildman–Crippen LogP) is 3.04. The fourth-order valence-electron chi connectivity index (χ4n) is 3.56. The van der Waals surface area contributed by atoms with Crippen molar-refractivity contribution < 1.29 is 37.7 Å². The van der Waals surface area contributed by atoms with E-state index in [-0.39, 0.29) is 18.8 Å². The maximum atomic E-state index is 12.7. The molecule has 0 heterocycles. The Hall–Kier alpha value is -0.970. The minimum absolute atomic E-state index is 0.119. The van der Waals surface area contributed by atoms with Gasteiger partial charge in [-0.25, -0.2) is 17.9 Å². The van der Waals surface area contributed by atoms with Crippen LogP contribution in [0.5, 0.6) is 0 Å². The molecule has 3 unspecified atom stereocenters. The minimum atomic E-state index is -4.99. The molecule has 3 atom stereocenters. The average Bonchev–Trinajstić information content (AvgIpc) is 2.78. The van der Waals surface area contributed by atoms with Gasteiger partial charge in [0, 0.05) is 0 Å². The highest BCUT2D eigenvalue weighted by Gasteiger charge is 2.52. The molecule has 11 heteroatoms. The molecular formula is C23H41NO8PS+. The van der Waals surface area contributed by atoms with Gasteiger partial charge in [-0.15, -0.1) is 0 Å². The first-order valence-electron chi connectivity index (χ1n) is 12.0. The van der Waals surface area contributed by atoms with Gasteiger partial charge in [-0.3, -0.25) is 0 Å². The van der Waals surface area contributed by atoms with Gasteiger partial charge in [-0.1, -0.05) is 89.1 Å². The lowest BCUT2D eigenvalue weighted by Gasteiger charge is -2.29. The highest BCUT2D eigenvalue weighted by molar-refractivity contribution is 7.89. The Balaban J connectivity index is 3.06. The van der Waals surface area contributed by atoms with Gasteiger partial charge in [0.05, 0.1) is 18.4 Å². The van der Waals surface area contributed by atoms with Gasteiger partial charge in [0.25, 0.3) is 0 Å². The summed E-state index contributed by atoms with van der Waals surface area (Å²) in [4.78, 5) is 41.3. The fraction of sp³-hybridized carbons (Fsp3) is 0.696. The molecule has 0 amide bonds. The number of unbranched alkanes of at least 4 members (excludes halogenated alkanes) is 6. The average molecular weight is 523 g/mol. The summed E-state index contributed by atoms with van der Waals surface area (Å²) in [5, 5.41) is 11.0. The van der Waals surface area contributed by atoms with Crippen molar-refractivity contribution in [2.45, 2.75) is 96.5 Å². The molecule has 0 aliphatic heterocycles. The number of hydrogen-bond acceptors (Lipinski definition) is 8. The molecule has 1 rings (SSSR count). The normalized spacial score (nSPS) is 15.1. The largest absolute Gasteiger partial charge is 0.481 e. The minimum Gasteiger partial charge on any atom is -0.388 e. The van der Waals surface area contributed by atoms with Crippen molar-refractivity contribution in [1.82, 2.24) is 4.72 Å². The summed E-state index contributed by atoms with van der Waals surface area (Å²) in [6, 6.07) is 7.62. The third-order valence-electron chi connectivity index (χ3n) is 5.50. The zero-order valence-electron chi connectivity index (χ0n) is 20.2. The Bertz CT molecular complexity index is 801. The summed E-state index contributed by atoms with van der Waals surface area (Å²) in [6.07, 6.45) is 3.05.